The van der Waals surface area contributed by atoms with Crippen LogP contribution < -0.4 is 0 Å². The second-order valence-corrected chi connectivity index (χ2v) is 19.4. The minimum Gasteiger partial charge on any atom is -0.346 e. The van der Waals surface area contributed by atoms with Gasteiger partial charge in [0.1, 0.15) is 0 Å². The van der Waals surface area contributed by atoms with Crippen LogP contribution in [0.15, 0.2) is 0 Å². The Labute approximate surface area is 571 Å². The number of unbranched alkanes of at least 4 members (excludes halogenated alkanes) is 3. The third kappa shape index (κ3) is 35.2. The summed E-state index contributed by atoms with van der Waals surface area (Å²) in [5.74, 6) is 10.5. The first-order chi connectivity index (χ1) is 31.3. The Morgan fingerprint density at radius 2 is 1.01 bits per heavy atom. The molecule has 10 heteroatoms. The topological polar surface area (TPSA) is 16.2 Å². The molecule has 0 bridgehead atoms. The van der Waals surface area contributed by atoms with Crippen LogP contribution in [0, 0.1) is 158 Å². The zero-order valence-corrected chi connectivity index (χ0v) is 63.8. The van der Waals surface area contributed by atoms with E-state index in [1.165, 1.54) is 91.0 Å². The molecule has 3 saturated carbocycles. The van der Waals surface area contributed by atoms with E-state index < -0.39 is 0 Å². The minimum absolute atomic E-state index is 0. The maximum atomic E-state index is 4.21. The van der Waals surface area contributed by atoms with E-state index in [0.29, 0.717) is 23.7 Å². The van der Waals surface area contributed by atoms with E-state index in [2.05, 4.69) is 140 Å². The third-order valence-corrected chi connectivity index (χ3v) is 14.4. The van der Waals surface area contributed by atoms with Gasteiger partial charge in [-0.25, -0.2) is 44.9 Å². The summed E-state index contributed by atoms with van der Waals surface area (Å²) < 4.78 is 0. The van der Waals surface area contributed by atoms with E-state index in [1.54, 1.807) is 0 Å². The average Bonchev–Trinajstić information content (AvgIpc) is 4.22. The molecule has 0 aromatic rings. The fraction of sp³-hybridized carbons (Fsp3) is 0.800. The molecule has 70 heavy (non-hydrogen) atoms. The van der Waals surface area contributed by atoms with Gasteiger partial charge in [0, 0.05) is 105 Å². The Hall–Kier alpha value is 5.32. The van der Waals surface area contributed by atoms with Crippen LogP contribution in [-0.2, 0) is 164 Å². The Kier molecular flexibility index (Phi) is 71.6. The molecule has 3 aliphatic carbocycles. The minimum atomic E-state index is 0. The van der Waals surface area contributed by atoms with Crippen LogP contribution in [0.3, 0.4) is 0 Å². The Balaban J connectivity index is -0.000000133. The van der Waals surface area contributed by atoms with Gasteiger partial charge in [0.25, 0.3) is 0 Å². The van der Waals surface area contributed by atoms with Crippen molar-refractivity contribution < 1.29 is 164 Å². The molecule has 8 aliphatic rings. The van der Waals surface area contributed by atoms with Crippen LogP contribution in [0.1, 0.15) is 133 Å². The van der Waals surface area contributed by atoms with Crippen molar-refractivity contribution in [1.29, 1.82) is 0 Å². The van der Waals surface area contributed by atoms with Crippen molar-refractivity contribution in [1.82, 2.24) is 24.5 Å². The second-order valence-electron chi connectivity index (χ2n) is 19.4. The molecule has 403 valence electrons. The molecule has 5 heterocycles. The van der Waals surface area contributed by atoms with E-state index in [-0.39, 0.29) is 164 Å². The number of fused-ring (bicyclic) bond motifs is 3. The molecule has 13 unspecified atom stereocenters. The number of hydrogen-bond acceptors (Lipinski definition) is 5. The van der Waals surface area contributed by atoms with Crippen molar-refractivity contribution in [2.45, 2.75) is 133 Å². The predicted octanol–water partition coefficient (Wildman–Crippen LogP) is 13.6. The first-order valence-corrected chi connectivity index (χ1v) is 27.6. The quantitative estimate of drug-likeness (QED) is 0.168. The van der Waals surface area contributed by atoms with E-state index in [0.717, 1.165) is 91.9 Å². The van der Waals surface area contributed by atoms with Crippen LogP contribution in [0.4, 0.5) is 0 Å². The van der Waals surface area contributed by atoms with Crippen molar-refractivity contribution >= 4 is 0 Å². The Morgan fingerprint density at radius 1 is 0.500 bits per heavy atom. The fourth-order valence-electron chi connectivity index (χ4n) is 11.3. The van der Waals surface area contributed by atoms with Gasteiger partial charge in [-0.3, -0.25) is 0 Å². The smallest absolute Gasteiger partial charge is 0.346 e. The molecule has 0 spiro atoms. The van der Waals surface area contributed by atoms with E-state index >= 15 is 0 Å². The number of hydrogen-bond donors (Lipinski definition) is 0. The van der Waals surface area contributed by atoms with Crippen LogP contribution in [0.5, 0.6) is 0 Å². The number of likely N-dealkylation sites (tertiary alicyclic amines) is 5. The third-order valence-electron chi connectivity index (χ3n) is 14.4. The Bertz CT molecular complexity index is 1020. The van der Waals surface area contributed by atoms with Crippen LogP contribution >= 0.6 is 0 Å². The zero-order chi connectivity index (χ0) is 50.1. The summed E-state index contributed by atoms with van der Waals surface area (Å²) in [4.78, 5) is 12.1. The van der Waals surface area contributed by atoms with Gasteiger partial charge in [0.05, 0.1) is 0 Å². The number of nitrogens with zero attached hydrogens (tertiary/aromatic N) is 5. The van der Waals surface area contributed by atoms with Gasteiger partial charge >= 0.3 is 65.4 Å². The molecule has 5 nitrogen and oxygen atoms in total. The van der Waals surface area contributed by atoms with Crippen molar-refractivity contribution in [3.8, 4) is 0 Å². The number of rotatable bonds is 9. The molecular weight excluding hydrogens is 1240 g/mol. The molecule has 0 aromatic carbocycles. The molecule has 0 N–H and O–H groups in total. The molecule has 0 amide bonds. The summed E-state index contributed by atoms with van der Waals surface area (Å²) >= 11 is 0. The molecular formula is C60H117N5Y5-6. The molecule has 13 atom stereocenters. The van der Waals surface area contributed by atoms with Gasteiger partial charge < -0.3 is 105 Å². The van der Waals surface area contributed by atoms with E-state index in [1.807, 2.05) is 69.2 Å². The molecule has 8 rings (SSSR count). The maximum absolute atomic E-state index is 4.21. The van der Waals surface area contributed by atoms with E-state index in [4.69, 9.17) is 0 Å². The first-order valence-electron chi connectivity index (χ1n) is 27.6. The molecule has 3 radical (unpaired) electrons. The fourth-order valence-corrected chi connectivity index (χ4v) is 11.3. The van der Waals surface area contributed by atoms with Crippen molar-refractivity contribution in [3.05, 3.63) is 80.6 Å². The largest absolute Gasteiger partial charge is 3.00 e. The maximum Gasteiger partial charge on any atom is 3.00 e. The summed E-state index contributed by atoms with van der Waals surface area (Å²) in [7, 11) is 11.0. The van der Waals surface area contributed by atoms with Crippen LogP contribution in [0.25, 0.3) is 0 Å². The monoisotopic (exact) mass is 1350 g/mol. The van der Waals surface area contributed by atoms with Crippen LogP contribution in [-0.4, -0.2) is 125 Å². The Morgan fingerprint density at radius 3 is 1.47 bits per heavy atom. The molecule has 8 fully saturated rings. The summed E-state index contributed by atoms with van der Waals surface area (Å²) in [6, 6.07) is 0. The summed E-state index contributed by atoms with van der Waals surface area (Å²) in [6.45, 7) is 60.6. The van der Waals surface area contributed by atoms with Crippen molar-refractivity contribution in [2.24, 2.45) is 76.9 Å². The zero-order valence-electron chi connectivity index (χ0n) is 49.6. The standard InChI is InChI=1S/3C10H17N.2C10H18N.5C2H6.5Y/c1-7-4-9-5-11(3)6-10(9)8(7)2;1-3-8-4-9-6-11(2)7-10(9)5-8;1-3-8-4-5-9-6-11(2)7-10(8)9;1-4-5-6-10-8-11(3)7-9(10)2;1-3-4-5-6-10-7-8-11(2)9-10;5*1-2;;;;;/h7-10H,1-2,4-6H2,3H3;2*4,8-10H,1,3,5-7H2,2H3;6,9-10H,1-2,4-5,7-8H2,3H3;5,7,10H,1,3-4,6,8-9H2,2H3;5*1-2H3;;;;;/q3*-2;2*-3;;;;;;;;;2*+3. The summed E-state index contributed by atoms with van der Waals surface area (Å²) in [5.41, 5.74) is 0. The summed E-state index contributed by atoms with van der Waals surface area (Å²) in [6.07, 6.45) is 24.1. The second kappa shape index (κ2) is 56.2. The van der Waals surface area contributed by atoms with Crippen molar-refractivity contribution in [2.75, 3.05) is 101 Å². The normalized spacial score (nSPS) is 31.9. The molecule has 0 aromatic heterocycles. The van der Waals surface area contributed by atoms with Gasteiger partial charge in [-0.15, -0.1) is 6.54 Å². The average molecular weight is 1350 g/mol. The SMILES string of the molecule is CC.CC.CC.CC.CC.[CH2-]C1CC2CN(C)CC2C1[CH2-].[CH2-]CC1[CH-]C2CN(C)CC2C1.[CH2-]CC1[CH-]CC2CN(C)CC12.[CH2-]CC[CH-]C1CN(C)CC1[CH2-].[CH2-]CC[CH-]CC1[CH-]CN(C)C1.[Y+3].[Y+3].[Y].[Y].[Y]. The van der Waals surface area contributed by atoms with Gasteiger partial charge in [-0.1, -0.05) is 106 Å². The van der Waals surface area contributed by atoms with Gasteiger partial charge in [0.2, 0.25) is 0 Å². The summed E-state index contributed by atoms with van der Waals surface area (Å²) in [5, 5.41) is 0. The van der Waals surface area contributed by atoms with Gasteiger partial charge in [-0.05, 0) is 93.5 Å². The molecule has 5 saturated heterocycles. The van der Waals surface area contributed by atoms with Gasteiger partial charge in [0.15, 0.2) is 0 Å². The van der Waals surface area contributed by atoms with Crippen LogP contribution in [0.2, 0.25) is 0 Å². The first kappa shape index (κ1) is 89.1. The van der Waals surface area contributed by atoms with Crippen molar-refractivity contribution in [3.63, 3.8) is 0 Å². The predicted molar refractivity (Wildman–Crippen MR) is 295 cm³/mol. The molecule has 5 aliphatic heterocycles. The van der Waals surface area contributed by atoms with Gasteiger partial charge in [-0.2, -0.15) is 53.8 Å². The van der Waals surface area contributed by atoms with E-state index in [9.17, 15) is 0 Å².